The summed E-state index contributed by atoms with van der Waals surface area (Å²) in [6, 6.07) is 8.40. The van der Waals surface area contributed by atoms with Crippen molar-refractivity contribution in [3.05, 3.63) is 35.9 Å². The Hall–Kier alpha value is -2.37. The fourth-order valence-electron chi connectivity index (χ4n) is 2.39. The number of rotatable bonds is 6. The van der Waals surface area contributed by atoms with Crippen molar-refractivity contribution in [2.75, 3.05) is 7.05 Å². The van der Waals surface area contributed by atoms with E-state index in [4.69, 9.17) is 4.74 Å². The van der Waals surface area contributed by atoms with Crippen molar-refractivity contribution < 1.29 is 19.1 Å². The van der Waals surface area contributed by atoms with Crippen LogP contribution in [-0.4, -0.2) is 41.5 Å². The van der Waals surface area contributed by atoms with Crippen LogP contribution in [0.4, 0.5) is 4.79 Å². The number of imide groups is 1. The predicted octanol–water partition coefficient (Wildman–Crippen LogP) is 3.15. The maximum Gasteiger partial charge on any atom is 0.410 e. The first-order valence-electron chi connectivity index (χ1n) is 8.83. The average Bonchev–Trinajstić information content (AvgIpc) is 2.50. The molecule has 0 heterocycles. The molecule has 3 amide bonds. The first-order valence-corrected chi connectivity index (χ1v) is 8.83. The van der Waals surface area contributed by atoms with Crippen LogP contribution in [0.5, 0.6) is 0 Å². The first kappa shape index (κ1) is 21.7. The lowest BCUT2D eigenvalue weighted by atomic mass is 10.0. The molecule has 1 N–H and O–H groups in total. The third-order valence-electron chi connectivity index (χ3n) is 3.62. The van der Waals surface area contributed by atoms with Crippen LogP contribution < -0.4 is 5.32 Å². The van der Waals surface area contributed by atoms with E-state index < -0.39 is 29.6 Å². The number of nitrogens with zero attached hydrogens (tertiary/aromatic N) is 1. The van der Waals surface area contributed by atoms with E-state index >= 15 is 0 Å². The number of amides is 3. The van der Waals surface area contributed by atoms with Gasteiger partial charge in [0.1, 0.15) is 11.6 Å². The lowest BCUT2D eigenvalue weighted by molar-refractivity contribution is -0.133. The topological polar surface area (TPSA) is 75.7 Å². The largest absolute Gasteiger partial charge is 0.444 e. The molecule has 26 heavy (non-hydrogen) atoms. The highest BCUT2D eigenvalue weighted by atomic mass is 16.6. The fraction of sp³-hybridized carbons (Fsp3) is 0.550. The van der Waals surface area contributed by atoms with Crippen LogP contribution in [0.25, 0.3) is 0 Å². The van der Waals surface area contributed by atoms with Gasteiger partial charge in [0, 0.05) is 7.05 Å². The van der Waals surface area contributed by atoms with Crippen molar-refractivity contribution in [2.45, 2.75) is 59.1 Å². The third kappa shape index (κ3) is 7.68. The average molecular weight is 362 g/mol. The summed E-state index contributed by atoms with van der Waals surface area (Å²) >= 11 is 0. The Morgan fingerprint density at radius 2 is 1.69 bits per heavy atom. The zero-order chi connectivity index (χ0) is 19.9. The molecule has 0 spiro atoms. The molecule has 0 saturated carbocycles. The summed E-state index contributed by atoms with van der Waals surface area (Å²) in [6.45, 7) is 9.20. The third-order valence-corrected chi connectivity index (χ3v) is 3.62. The molecule has 6 nitrogen and oxygen atoms in total. The summed E-state index contributed by atoms with van der Waals surface area (Å²) in [5.74, 6) is -0.722. The number of benzene rings is 1. The number of likely N-dealkylation sites (N-methyl/N-ethyl adjacent to an activating group) is 1. The van der Waals surface area contributed by atoms with Crippen LogP contribution in [0.2, 0.25) is 0 Å². The summed E-state index contributed by atoms with van der Waals surface area (Å²) in [5, 5.41) is 2.41. The van der Waals surface area contributed by atoms with Crippen molar-refractivity contribution in [1.29, 1.82) is 0 Å². The Labute approximate surface area is 155 Å². The van der Waals surface area contributed by atoms with Gasteiger partial charge in [-0.1, -0.05) is 44.2 Å². The van der Waals surface area contributed by atoms with Crippen molar-refractivity contribution in [2.24, 2.45) is 5.92 Å². The summed E-state index contributed by atoms with van der Waals surface area (Å²) in [5.41, 5.74) is 0.159. The zero-order valence-corrected chi connectivity index (χ0v) is 16.5. The van der Waals surface area contributed by atoms with E-state index in [-0.39, 0.29) is 12.3 Å². The molecule has 0 fully saturated rings. The summed E-state index contributed by atoms with van der Waals surface area (Å²) in [4.78, 5) is 38.3. The van der Waals surface area contributed by atoms with Gasteiger partial charge in [-0.05, 0) is 38.7 Å². The standard InChI is InChI=1S/C20H30N2O4/c1-14(2)12-16(22(6)19(25)26-20(3,4)5)18(24)21-17(23)13-15-10-8-7-9-11-15/h7-11,14,16H,12-13H2,1-6H3,(H,21,23,24)/t16-/m1/s1. The SMILES string of the molecule is CC(C)C[C@H](C(=O)NC(=O)Cc1ccccc1)N(C)C(=O)OC(C)(C)C. The molecule has 0 unspecified atom stereocenters. The molecule has 1 aromatic carbocycles. The van der Waals surface area contributed by atoms with E-state index in [0.29, 0.717) is 6.42 Å². The van der Waals surface area contributed by atoms with E-state index in [0.717, 1.165) is 5.56 Å². The van der Waals surface area contributed by atoms with E-state index in [1.165, 1.54) is 11.9 Å². The van der Waals surface area contributed by atoms with Crippen molar-refractivity contribution in [1.82, 2.24) is 10.2 Å². The Bertz CT molecular complexity index is 620. The molecule has 0 aliphatic heterocycles. The zero-order valence-electron chi connectivity index (χ0n) is 16.5. The molecule has 0 aliphatic carbocycles. The van der Waals surface area contributed by atoms with Crippen molar-refractivity contribution in [3.8, 4) is 0 Å². The van der Waals surface area contributed by atoms with Crippen LogP contribution in [0.15, 0.2) is 30.3 Å². The summed E-state index contributed by atoms with van der Waals surface area (Å²) in [6.07, 6.45) is -0.0501. The summed E-state index contributed by atoms with van der Waals surface area (Å²) in [7, 11) is 1.52. The molecule has 0 aliphatic rings. The molecule has 0 radical (unpaired) electrons. The van der Waals surface area contributed by atoms with Gasteiger partial charge in [-0.15, -0.1) is 0 Å². The number of hydrogen-bond donors (Lipinski definition) is 1. The van der Waals surface area contributed by atoms with Gasteiger partial charge >= 0.3 is 6.09 Å². The quantitative estimate of drug-likeness (QED) is 0.843. The number of carbonyl (C=O) groups is 3. The second kappa shape index (κ2) is 9.36. The van der Waals surface area contributed by atoms with Gasteiger partial charge in [-0.25, -0.2) is 4.79 Å². The minimum absolute atomic E-state index is 0.108. The molecule has 0 bridgehead atoms. The van der Waals surface area contributed by atoms with Crippen LogP contribution in [0, 0.1) is 5.92 Å². The smallest absolute Gasteiger partial charge is 0.410 e. The maximum absolute atomic E-state index is 12.6. The highest BCUT2D eigenvalue weighted by Gasteiger charge is 2.31. The molecule has 144 valence electrons. The van der Waals surface area contributed by atoms with Gasteiger partial charge in [0.25, 0.3) is 0 Å². The molecule has 1 rings (SSSR count). The second-order valence-corrected chi connectivity index (χ2v) is 7.81. The van der Waals surface area contributed by atoms with Crippen LogP contribution in [0.1, 0.15) is 46.6 Å². The van der Waals surface area contributed by atoms with E-state index in [9.17, 15) is 14.4 Å². The van der Waals surface area contributed by atoms with Gasteiger partial charge in [-0.2, -0.15) is 0 Å². The predicted molar refractivity (Wildman–Crippen MR) is 101 cm³/mol. The Kier molecular flexibility index (Phi) is 7.80. The number of ether oxygens (including phenoxy) is 1. The molecular formula is C20H30N2O4. The normalized spacial score (nSPS) is 12.4. The Morgan fingerprint density at radius 3 is 2.19 bits per heavy atom. The fourth-order valence-corrected chi connectivity index (χ4v) is 2.39. The lowest BCUT2D eigenvalue weighted by Gasteiger charge is -2.30. The molecule has 0 aromatic heterocycles. The molecule has 1 atom stereocenters. The highest BCUT2D eigenvalue weighted by molar-refractivity contribution is 5.99. The summed E-state index contributed by atoms with van der Waals surface area (Å²) < 4.78 is 5.33. The van der Waals surface area contributed by atoms with E-state index in [1.807, 2.05) is 44.2 Å². The lowest BCUT2D eigenvalue weighted by Crippen LogP contribution is -2.51. The molecule has 6 heteroatoms. The maximum atomic E-state index is 12.6. The first-order chi connectivity index (χ1) is 12.0. The van der Waals surface area contributed by atoms with Crippen molar-refractivity contribution >= 4 is 17.9 Å². The van der Waals surface area contributed by atoms with Crippen LogP contribution >= 0.6 is 0 Å². The van der Waals surface area contributed by atoms with Gasteiger partial charge < -0.3 is 4.74 Å². The highest BCUT2D eigenvalue weighted by Crippen LogP contribution is 2.15. The molecule has 1 aromatic rings. The molecule has 0 saturated heterocycles. The van der Waals surface area contributed by atoms with E-state index in [1.54, 1.807) is 20.8 Å². The van der Waals surface area contributed by atoms with Crippen molar-refractivity contribution in [3.63, 3.8) is 0 Å². The minimum atomic E-state index is -0.774. The Morgan fingerprint density at radius 1 is 1.12 bits per heavy atom. The monoisotopic (exact) mass is 362 g/mol. The minimum Gasteiger partial charge on any atom is -0.444 e. The van der Waals surface area contributed by atoms with Crippen LogP contribution in [-0.2, 0) is 20.7 Å². The second-order valence-electron chi connectivity index (χ2n) is 7.81. The Balaban J connectivity index is 2.79. The van der Waals surface area contributed by atoms with Gasteiger partial charge in [0.2, 0.25) is 11.8 Å². The molecular weight excluding hydrogens is 332 g/mol. The van der Waals surface area contributed by atoms with Gasteiger partial charge in [-0.3, -0.25) is 19.8 Å². The van der Waals surface area contributed by atoms with Gasteiger partial charge in [0.15, 0.2) is 0 Å². The number of hydrogen-bond acceptors (Lipinski definition) is 4. The van der Waals surface area contributed by atoms with Gasteiger partial charge in [0.05, 0.1) is 6.42 Å². The van der Waals surface area contributed by atoms with E-state index in [2.05, 4.69) is 5.32 Å². The number of carbonyl (C=O) groups excluding carboxylic acids is 3. The van der Waals surface area contributed by atoms with Crippen LogP contribution in [0.3, 0.4) is 0 Å². The number of nitrogens with one attached hydrogen (secondary N) is 1.